The molecule has 9 heteroatoms. The third-order valence-corrected chi connectivity index (χ3v) is 11.5. The highest BCUT2D eigenvalue weighted by atomic mass is 32.2. The molecule has 0 heterocycles. The van der Waals surface area contributed by atoms with Crippen LogP contribution in [0, 0.1) is 46.3 Å². The van der Waals surface area contributed by atoms with Crippen LogP contribution in [0.3, 0.4) is 0 Å². The number of amides is 1. The maximum absolute atomic E-state index is 13.8. The normalized spacial score (nSPS) is 44.2. The summed E-state index contributed by atoms with van der Waals surface area (Å²) in [6.45, 7) is 6.37. The Bertz CT molecular complexity index is 938. The summed E-state index contributed by atoms with van der Waals surface area (Å²) in [5.41, 5.74) is -0.510. The van der Waals surface area contributed by atoms with Gasteiger partial charge in [-0.15, -0.1) is 0 Å². The predicted octanol–water partition coefficient (Wildman–Crippen LogP) is 2.58. The molecule has 0 radical (unpaired) electrons. The lowest BCUT2D eigenvalue weighted by molar-refractivity contribution is -0.181. The maximum Gasteiger partial charge on any atom is 0.266 e. The summed E-state index contributed by atoms with van der Waals surface area (Å²) >= 11 is 0. The van der Waals surface area contributed by atoms with Crippen LogP contribution in [0.1, 0.15) is 78.6 Å². The number of hydrogen-bond acceptors (Lipinski definition) is 6. The highest BCUT2D eigenvalue weighted by Gasteiger charge is 2.65. The van der Waals surface area contributed by atoms with Crippen molar-refractivity contribution in [2.75, 3.05) is 12.3 Å². The molecule has 4 aliphatic rings. The fraction of sp³-hybridized carbons (Fsp3) is 0.923. The molecule has 1 unspecified atom stereocenters. The second-order valence-electron chi connectivity index (χ2n) is 12.5. The van der Waals surface area contributed by atoms with Gasteiger partial charge in [-0.2, -0.15) is 8.42 Å². The monoisotopic (exact) mass is 513 g/mol. The lowest BCUT2D eigenvalue weighted by Crippen LogP contribution is -2.61. The van der Waals surface area contributed by atoms with Crippen molar-refractivity contribution in [1.82, 2.24) is 5.32 Å². The number of rotatable bonds is 7. The van der Waals surface area contributed by atoms with E-state index >= 15 is 0 Å². The van der Waals surface area contributed by atoms with Crippen molar-refractivity contribution >= 4 is 21.8 Å². The third kappa shape index (κ3) is 4.94. The van der Waals surface area contributed by atoms with Crippen LogP contribution in [-0.2, 0) is 19.7 Å². The average Bonchev–Trinajstić information content (AvgIpc) is 3.12. The van der Waals surface area contributed by atoms with Gasteiger partial charge >= 0.3 is 0 Å². The highest BCUT2D eigenvalue weighted by Crippen LogP contribution is 2.67. The topological polar surface area (TPSA) is 141 Å². The van der Waals surface area contributed by atoms with Gasteiger partial charge in [0.25, 0.3) is 10.1 Å². The van der Waals surface area contributed by atoms with E-state index in [0.717, 1.165) is 32.1 Å². The van der Waals surface area contributed by atoms with E-state index in [0.29, 0.717) is 25.0 Å². The number of carbonyl (C=O) groups is 2. The van der Waals surface area contributed by atoms with Crippen molar-refractivity contribution in [3.8, 4) is 0 Å². The van der Waals surface area contributed by atoms with Gasteiger partial charge in [0.1, 0.15) is 5.78 Å². The van der Waals surface area contributed by atoms with Gasteiger partial charge < -0.3 is 15.5 Å². The van der Waals surface area contributed by atoms with Crippen LogP contribution >= 0.6 is 0 Å². The summed E-state index contributed by atoms with van der Waals surface area (Å²) in [5, 5.41) is 24.1. The molecule has 4 aliphatic carbocycles. The Labute approximate surface area is 209 Å². The van der Waals surface area contributed by atoms with Crippen LogP contribution in [0.25, 0.3) is 0 Å². The summed E-state index contributed by atoms with van der Waals surface area (Å²) in [7, 11) is -4.11. The van der Waals surface area contributed by atoms with Gasteiger partial charge in [-0.25, -0.2) is 0 Å². The largest absolute Gasteiger partial charge is 0.393 e. The second-order valence-corrected chi connectivity index (χ2v) is 14.0. The van der Waals surface area contributed by atoms with E-state index in [2.05, 4.69) is 26.1 Å². The van der Waals surface area contributed by atoms with Gasteiger partial charge in [-0.3, -0.25) is 14.1 Å². The van der Waals surface area contributed by atoms with E-state index in [1.807, 2.05) is 0 Å². The zero-order valence-corrected chi connectivity index (χ0v) is 22.1. The molecule has 4 N–H and O–H groups in total. The number of aliphatic hydroxyl groups excluding tert-OH is 2. The molecule has 10 atom stereocenters. The van der Waals surface area contributed by atoms with Crippen molar-refractivity contribution in [2.24, 2.45) is 46.3 Å². The van der Waals surface area contributed by atoms with Crippen molar-refractivity contribution in [3.63, 3.8) is 0 Å². The predicted molar refractivity (Wildman–Crippen MR) is 131 cm³/mol. The molecule has 1 amide bonds. The molecule has 0 spiro atoms. The molecule has 0 aromatic carbocycles. The van der Waals surface area contributed by atoms with E-state index in [4.69, 9.17) is 4.55 Å². The Morgan fingerprint density at radius 2 is 1.86 bits per heavy atom. The molecule has 4 rings (SSSR count). The van der Waals surface area contributed by atoms with Gasteiger partial charge in [0.05, 0.1) is 18.0 Å². The molecule has 8 nitrogen and oxygen atoms in total. The van der Waals surface area contributed by atoms with Gasteiger partial charge in [-0.1, -0.05) is 20.8 Å². The van der Waals surface area contributed by atoms with Gasteiger partial charge in [-0.05, 0) is 85.9 Å². The fourth-order valence-corrected chi connectivity index (χ4v) is 9.19. The SMILES string of the molecule is C[C@H](CCC(=O)NCCS(=O)(=O)O)[C@H]1CC[C@H]2[C@@H]3[C@H](O)CC4C[C@H](O)CC[C@]4(C)[C@H]3CC(=O)[C@]12C. The zero-order chi connectivity index (χ0) is 25.8. The first-order valence-electron chi connectivity index (χ1n) is 13.4. The molecule has 0 aromatic rings. The number of carbonyl (C=O) groups excluding carboxylic acids is 2. The zero-order valence-electron chi connectivity index (χ0n) is 21.3. The Kier molecular flexibility index (Phi) is 7.48. The molecule has 0 aliphatic heterocycles. The molecule has 0 aromatic heterocycles. The lowest BCUT2D eigenvalue weighted by atomic mass is 9.43. The van der Waals surface area contributed by atoms with Crippen molar-refractivity contribution in [2.45, 2.75) is 90.8 Å². The molecule has 4 saturated carbocycles. The quantitative estimate of drug-likeness (QED) is 0.383. The summed E-state index contributed by atoms with van der Waals surface area (Å²) in [4.78, 5) is 26.0. The van der Waals surface area contributed by atoms with E-state index in [1.54, 1.807) is 0 Å². The Hall–Kier alpha value is -1.03. The molecule has 35 heavy (non-hydrogen) atoms. The summed E-state index contributed by atoms with van der Waals surface area (Å²) < 4.78 is 30.5. The standard InChI is InChI=1S/C26H43NO7S/c1-15(4-7-23(31)27-10-11-35(32,33)34)18-5-6-19-24-20(14-22(30)26(18,19)3)25(2)9-8-17(28)12-16(25)13-21(24)29/h15-21,24,28-29H,4-14H2,1-3H3,(H,27,31)(H,32,33,34)/t15-,16?,17-,18-,19+,20+,21-,24+,25+,26-/m1/s1. The van der Waals surface area contributed by atoms with Crippen LogP contribution in [0.5, 0.6) is 0 Å². The van der Waals surface area contributed by atoms with Crippen molar-refractivity contribution in [1.29, 1.82) is 0 Å². The first-order chi connectivity index (χ1) is 16.3. The first-order valence-corrected chi connectivity index (χ1v) is 15.0. The minimum atomic E-state index is -4.11. The van der Waals surface area contributed by atoms with Crippen molar-refractivity contribution < 1.29 is 32.8 Å². The minimum Gasteiger partial charge on any atom is -0.393 e. The molecule has 0 saturated heterocycles. The lowest BCUT2D eigenvalue weighted by Gasteiger charge is -2.61. The van der Waals surface area contributed by atoms with Crippen molar-refractivity contribution in [3.05, 3.63) is 0 Å². The van der Waals surface area contributed by atoms with Crippen LogP contribution in [0.15, 0.2) is 0 Å². The number of fused-ring (bicyclic) bond motifs is 5. The molecule has 200 valence electrons. The summed E-state index contributed by atoms with van der Waals surface area (Å²) in [6.07, 6.45) is 5.54. The Morgan fingerprint density at radius 1 is 1.14 bits per heavy atom. The number of hydrogen-bond donors (Lipinski definition) is 4. The molecule has 4 fully saturated rings. The third-order valence-electron chi connectivity index (χ3n) is 10.8. The fourth-order valence-electron chi connectivity index (χ4n) is 8.83. The van der Waals surface area contributed by atoms with Crippen LogP contribution in [-0.4, -0.2) is 59.4 Å². The van der Waals surface area contributed by atoms with Gasteiger partial charge in [0.2, 0.25) is 5.91 Å². The number of aliphatic hydroxyl groups is 2. The molecular formula is C26H43NO7S. The Balaban J connectivity index is 1.44. The molecular weight excluding hydrogens is 470 g/mol. The average molecular weight is 514 g/mol. The van der Waals surface area contributed by atoms with Crippen LogP contribution in [0.4, 0.5) is 0 Å². The van der Waals surface area contributed by atoms with Gasteiger partial charge in [0, 0.05) is 24.8 Å². The van der Waals surface area contributed by atoms with Crippen LogP contribution < -0.4 is 5.32 Å². The van der Waals surface area contributed by atoms with E-state index in [-0.39, 0.29) is 65.9 Å². The highest BCUT2D eigenvalue weighted by molar-refractivity contribution is 7.85. The Morgan fingerprint density at radius 3 is 2.54 bits per heavy atom. The van der Waals surface area contributed by atoms with E-state index < -0.39 is 27.4 Å². The maximum atomic E-state index is 13.8. The van der Waals surface area contributed by atoms with E-state index in [9.17, 15) is 28.2 Å². The number of nitrogens with one attached hydrogen (secondary N) is 1. The van der Waals surface area contributed by atoms with Crippen LogP contribution in [0.2, 0.25) is 0 Å². The van der Waals surface area contributed by atoms with Gasteiger partial charge in [0.15, 0.2) is 0 Å². The smallest absolute Gasteiger partial charge is 0.266 e. The second kappa shape index (κ2) is 9.69. The summed E-state index contributed by atoms with van der Waals surface area (Å²) in [6, 6.07) is 0. The number of Topliss-reactive ketones (excluding diaryl/α,β-unsaturated/α-hetero) is 1. The minimum absolute atomic E-state index is 0.00996. The molecule has 0 bridgehead atoms. The first kappa shape index (κ1) is 27.0. The summed E-state index contributed by atoms with van der Waals surface area (Å²) in [5.74, 6) is 0.512. The van der Waals surface area contributed by atoms with E-state index in [1.165, 1.54) is 0 Å². The number of ketones is 1.